The van der Waals surface area contributed by atoms with E-state index < -0.39 is 24.7 Å². The smallest absolute Gasteiger partial charge is 0.273 e. The molecule has 0 saturated heterocycles. The Labute approximate surface area is 215 Å². The predicted molar refractivity (Wildman–Crippen MR) is 134 cm³/mol. The van der Waals surface area contributed by atoms with E-state index >= 15 is 0 Å². The van der Waals surface area contributed by atoms with Gasteiger partial charge in [0.1, 0.15) is 5.82 Å². The highest BCUT2D eigenvalue weighted by Gasteiger charge is 2.30. The van der Waals surface area contributed by atoms with Gasteiger partial charge in [-0.15, -0.1) is 10.2 Å². The van der Waals surface area contributed by atoms with Crippen LogP contribution in [0.2, 0.25) is 0 Å². The van der Waals surface area contributed by atoms with Crippen LogP contribution in [0.1, 0.15) is 48.2 Å². The van der Waals surface area contributed by atoms with E-state index in [4.69, 9.17) is 14.6 Å². The van der Waals surface area contributed by atoms with E-state index in [1.165, 1.54) is 43.6 Å². The van der Waals surface area contributed by atoms with E-state index in [2.05, 4.69) is 31.1 Å². The Morgan fingerprint density at radius 2 is 1.84 bits per heavy atom. The maximum atomic E-state index is 13.0. The monoisotopic (exact) mass is 507 g/mol. The summed E-state index contributed by atoms with van der Waals surface area (Å²) in [4.78, 5) is 53.2. The molecule has 13 nitrogen and oxygen atoms in total. The summed E-state index contributed by atoms with van der Waals surface area (Å²) in [7, 11) is 1.32. The largest absolute Gasteiger partial charge is 0.494 e. The summed E-state index contributed by atoms with van der Waals surface area (Å²) in [6.07, 6.45) is 2.72. The van der Waals surface area contributed by atoms with Crippen LogP contribution in [0.15, 0.2) is 42.6 Å². The zero-order valence-electron chi connectivity index (χ0n) is 22.5. The van der Waals surface area contributed by atoms with Gasteiger partial charge in [0.2, 0.25) is 11.8 Å². The van der Waals surface area contributed by atoms with E-state index in [0.717, 1.165) is 12.8 Å². The summed E-state index contributed by atoms with van der Waals surface area (Å²) >= 11 is 0. The SMILES string of the molecule is [2H]C([2H])([2H])NC(=O)c1nnc(NC(=O)C2CC2)cc1Nc1cccc(C(=O)Nc2ccc(C(N)=O)cn2)c1OC. The number of primary amides is 1. The molecule has 13 heteroatoms. The fourth-order valence-electron chi connectivity index (χ4n) is 3.33. The molecular formula is C24H24N8O5. The van der Waals surface area contributed by atoms with Gasteiger partial charge in [-0.2, -0.15) is 0 Å². The summed E-state index contributed by atoms with van der Waals surface area (Å²) in [5.41, 5.74) is 5.27. The van der Waals surface area contributed by atoms with Gasteiger partial charge in [-0.3, -0.25) is 19.2 Å². The minimum atomic E-state index is -2.80. The third kappa shape index (κ3) is 5.78. The first kappa shape index (κ1) is 21.2. The third-order valence-electron chi connectivity index (χ3n) is 5.34. The Balaban J connectivity index is 1.65. The second kappa shape index (κ2) is 10.7. The molecule has 1 aromatic carbocycles. The van der Waals surface area contributed by atoms with Gasteiger partial charge < -0.3 is 31.7 Å². The highest BCUT2D eigenvalue weighted by Crippen LogP contribution is 2.34. The van der Waals surface area contributed by atoms with Crippen molar-refractivity contribution in [2.45, 2.75) is 12.8 Å². The molecule has 37 heavy (non-hydrogen) atoms. The first-order valence-corrected chi connectivity index (χ1v) is 11.0. The number of pyridine rings is 1. The van der Waals surface area contributed by atoms with Crippen LogP contribution in [0.5, 0.6) is 5.75 Å². The number of rotatable bonds is 9. The predicted octanol–water partition coefficient (Wildman–Crippen LogP) is 1.68. The number of nitrogens with one attached hydrogen (secondary N) is 4. The van der Waals surface area contributed by atoms with Crippen LogP contribution in [-0.2, 0) is 4.79 Å². The van der Waals surface area contributed by atoms with Crippen molar-refractivity contribution >= 4 is 46.6 Å². The lowest BCUT2D eigenvalue weighted by molar-refractivity contribution is -0.117. The first-order chi connectivity index (χ1) is 18.9. The van der Waals surface area contributed by atoms with Crippen LogP contribution in [0.3, 0.4) is 0 Å². The molecule has 4 rings (SSSR count). The first-order valence-electron chi connectivity index (χ1n) is 12.5. The minimum Gasteiger partial charge on any atom is -0.494 e. The highest BCUT2D eigenvalue weighted by molar-refractivity contribution is 6.07. The number of ether oxygens (including phenoxy) is 1. The molecule has 1 fully saturated rings. The summed E-state index contributed by atoms with van der Waals surface area (Å²) in [6, 6.07) is 8.69. The Kier molecular flexibility index (Phi) is 6.13. The molecule has 190 valence electrons. The van der Waals surface area contributed by atoms with E-state index in [1.807, 2.05) is 5.32 Å². The number of amides is 4. The van der Waals surface area contributed by atoms with Gasteiger partial charge in [-0.05, 0) is 37.1 Å². The van der Waals surface area contributed by atoms with Crippen LogP contribution < -0.4 is 31.7 Å². The second-order valence-electron chi connectivity index (χ2n) is 7.97. The van der Waals surface area contributed by atoms with Crippen molar-refractivity contribution in [3.63, 3.8) is 0 Å². The van der Waals surface area contributed by atoms with Gasteiger partial charge in [-0.25, -0.2) is 4.98 Å². The topological polar surface area (TPSA) is 190 Å². The van der Waals surface area contributed by atoms with Gasteiger partial charge >= 0.3 is 0 Å². The van der Waals surface area contributed by atoms with Crippen molar-refractivity contribution in [1.29, 1.82) is 0 Å². The number of benzene rings is 1. The molecule has 1 aliphatic carbocycles. The number of para-hydroxylation sites is 1. The number of carbonyl (C=O) groups is 4. The lowest BCUT2D eigenvalue weighted by atomic mass is 10.1. The Bertz CT molecular complexity index is 1480. The van der Waals surface area contributed by atoms with Crippen molar-refractivity contribution in [3.05, 3.63) is 59.4 Å². The van der Waals surface area contributed by atoms with E-state index in [1.54, 1.807) is 6.07 Å². The third-order valence-corrected chi connectivity index (χ3v) is 5.34. The molecule has 6 N–H and O–H groups in total. The number of carbonyl (C=O) groups excluding carboxylic acids is 4. The van der Waals surface area contributed by atoms with Gasteiger partial charge in [0.05, 0.1) is 29.6 Å². The Morgan fingerprint density at radius 3 is 2.49 bits per heavy atom. The molecule has 0 spiro atoms. The van der Waals surface area contributed by atoms with Gasteiger partial charge in [0.15, 0.2) is 17.3 Å². The van der Waals surface area contributed by atoms with Crippen LogP contribution in [0.25, 0.3) is 0 Å². The molecular weight excluding hydrogens is 480 g/mol. The Morgan fingerprint density at radius 1 is 1.03 bits per heavy atom. The number of hydrogen-bond acceptors (Lipinski definition) is 9. The molecule has 2 aromatic heterocycles. The minimum absolute atomic E-state index is 0.0117. The standard InChI is InChI=1S/C24H24N8O5/c1-26-24(36)19-16(10-18(31-32-19)30-22(34)12-6-7-12)28-15-5-3-4-14(20(15)37-2)23(35)29-17-9-8-13(11-27-17)21(25)33/h3-5,8-12H,6-7H2,1-2H3,(H2,25,33)(H,26,36)(H,27,29,35)(H2,28,30,31,34)/i1D3. The number of nitrogens with two attached hydrogens (primary N) is 1. The molecule has 1 aliphatic rings. The zero-order chi connectivity index (χ0) is 29.0. The molecule has 3 aromatic rings. The van der Waals surface area contributed by atoms with Gasteiger partial charge in [0, 0.05) is 29.3 Å². The molecule has 0 radical (unpaired) electrons. The van der Waals surface area contributed by atoms with Crippen molar-refractivity contribution in [2.75, 3.05) is 30.0 Å². The summed E-state index contributed by atoms with van der Waals surface area (Å²) in [6.45, 7) is -2.80. The molecule has 0 unspecified atom stereocenters. The van der Waals surface area contributed by atoms with E-state index in [-0.39, 0.29) is 57.4 Å². The molecule has 0 bridgehead atoms. The second-order valence-corrected chi connectivity index (χ2v) is 7.97. The number of anilines is 4. The molecule has 0 atom stereocenters. The van der Waals surface area contributed by atoms with Crippen LogP contribution in [-0.4, -0.2) is 52.9 Å². The number of nitrogens with zero attached hydrogens (tertiary/aromatic N) is 3. The van der Waals surface area contributed by atoms with Crippen molar-refractivity contribution in [1.82, 2.24) is 20.5 Å². The van der Waals surface area contributed by atoms with Crippen LogP contribution in [0, 0.1) is 5.92 Å². The average molecular weight is 508 g/mol. The maximum absolute atomic E-state index is 13.0. The van der Waals surface area contributed by atoms with Gasteiger partial charge in [-0.1, -0.05) is 6.07 Å². The van der Waals surface area contributed by atoms with Crippen LogP contribution in [0.4, 0.5) is 23.0 Å². The number of methoxy groups -OCH3 is 1. The fourth-order valence-corrected chi connectivity index (χ4v) is 3.33. The molecule has 4 amide bonds. The summed E-state index contributed by atoms with van der Waals surface area (Å²) < 4.78 is 27.5. The number of aromatic nitrogens is 3. The zero-order valence-corrected chi connectivity index (χ0v) is 19.5. The summed E-state index contributed by atoms with van der Waals surface area (Å²) in [5, 5.41) is 17.6. The molecule has 2 heterocycles. The lowest BCUT2D eigenvalue weighted by Crippen LogP contribution is -2.22. The van der Waals surface area contributed by atoms with Crippen LogP contribution >= 0.6 is 0 Å². The van der Waals surface area contributed by atoms with Crippen molar-refractivity contribution in [2.24, 2.45) is 11.7 Å². The van der Waals surface area contributed by atoms with Crippen molar-refractivity contribution in [3.8, 4) is 5.75 Å². The molecule has 0 aliphatic heterocycles. The normalized spacial score (nSPS) is 13.8. The number of hydrogen-bond donors (Lipinski definition) is 5. The maximum Gasteiger partial charge on any atom is 0.273 e. The quantitative estimate of drug-likeness (QED) is 0.287. The fraction of sp³-hybridized carbons (Fsp3) is 0.208. The van der Waals surface area contributed by atoms with E-state index in [9.17, 15) is 19.2 Å². The lowest BCUT2D eigenvalue weighted by Gasteiger charge is -2.16. The van der Waals surface area contributed by atoms with Crippen molar-refractivity contribution < 1.29 is 28.0 Å². The van der Waals surface area contributed by atoms with E-state index in [0.29, 0.717) is 0 Å². The Hall–Kier alpha value is -5.07. The summed E-state index contributed by atoms with van der Waals surface area (Å²) in [5.74, 6) is -2.47. The van der Waals surface area contributed by atoms with Gasteiger partial charge in [0.25, 0.3) is 11.8 Å². The molecule has 1 saturated carbocycles. The average Bonchev–Trinajstić information content (AvgIpc) is 3.74. The highest BCUT2D eigenvalue weighted by atomic mass is 16.5.